The summed E-state index contributed by atoms with van der Waals surface area (Å²) in [6.45, 7) is 0. The molecule has 150 valence electrons. The molecule has 0 atom stereocenters. The SMILES string of the molecule is CN(C)c1ccccc1-c1ccc2c(-c3ccc(-c4ccccc4)cc3)cccc2c1. The molecule has 5 rings (SSSR count). The molecule has 0 saturated heterocycles. The summed E-state index contributed by atoms with van der Waals surface area (Å²) in [6.07, 6.45) is 0. The van der Waals surface area contributed by atoms with Crippen molar-refractivity contribution in [2.45, 2.75) is 0 Å². The third kappa shape index (κ3) is 3.71. The lowest BCUT2D eigenvalue weighted by atomic mass is 9.93. The monoisotopic (exact) mass is 399 g/mol. The fourth-order valence-electron chi connectivity index (χ4n) is 4.28. The fourth-order valence-corrected chi connectivity index (χ4v) is 4.28. The van der Waals surface area contributed by atoms with Gasteiger partial charge < -0.3 is 4.90 Å². The van der Waals surface area contributed by atoms with Gasteiger partial charge in [-0.05, 0) is 50.7 Å². The first-order valence-electron chi connectivity index (χ1n) is 10.7. The lowest BCUT2D eigenvalue weighted by Crippen LogP contribution is -2.09. The van der Waals surface area contributed by atoms with E-state index in [0.29, 0.717) is 0 Å². The number of fused-ring (bicyclic) bond motifs is 1. The molecule has 0 heterocycles. The lowest BCUT2D eigenvalue weighted by Gasteiger charge is -2.18. The van der Waals surface area contributed by atoms with E-state index in [4.69, 9.17) is 0 Å². The van der Waals surface area contributed by atoms with Gasteiger partial charge in [0, 0.05) is 25.3 Å². The van der Waals surface area contributed by atoms with Crippen molar-refractivity contribution in [2.75, 3.05) is 19.0 Å². The molecule has 0 aliphatic rings. The van der Waals surface area contributed by atoms with Crippen molar-refractivity contribution in [3.8, 4) is 33.4 Å². The van der Waals surface area contributed by atoms with E-state index in [2.05, 4.69) is 134 Å². The molecule has 0 unspecified atom stereocenters. The van der Waals surface area contributed by atoms with Gasteiger partial charge in [-0.15, -0.1) is 0 Å². The van der Waals surface area contributed by atoms with Gasteiger partial charge in [0.1, 0.15) is 0 Å². The Kier molecular flexibility index (Phi) is 5.01. The molecule has 1 nitrogen and oxygen atoms in total. The molecular formula is C30H25N. The molecular weight excluding hydrogens is 374 g/mol. The van der Waals surface area contributed by atoms with E-state index in [1.54, 1.807) is 0 Å². The van der Waals surface area contributed by atoms with Gasteiger partial charge in [0.2, 0.25) is 0 Å². The standard InChI is InChI=1S/C30H25N/c1-31(2)30-14-7-6-12-29(30)26-19-20-28-25(21-26)11-8-13-27(28)24-17-15-23(16-18-24)22-9-4-3-5-10-22/h3-21H,1-2H3. The third-order valence-corrected chi connectivity index (χ3v) is 5.88. The highest BCUT2D eigenvalue weighted by molar-refractivity contribution is 5.99. The summed E-state index contributed by atoms with van der Waals surface area (Å²) in [6, 6.07) is 41.4. The van der Waals surface area contributed by atoms with Crippen molar-refractivity contribution in [2.24, 2.45) is 0 Å². The summed E-state index contributed by atoms with van der Waals surface area (Å²) >= 11 is 0. The minimum absolute atomic E-state index is 1.23. The Bertz CT molecular complexity index is 1330. The van der Waals surface area contributed by atoms with Gasteiger partial charge in [0.25, 0.3) is 0 Å². The van der Waals surface area contributed by atoms with Gasteiger partial charge in [0.15, 0.2) is 0 Å². The maximum Gasteiger partial charge on any atom is 0.0440 e. The molecule has 5 aromatic carbocycles. The summed E-state index contributed by atoms with van der Waals surface area (Å²) in [4.78, 5) is 2.17. The summed E-state index contributed by atoms with van der Waals surface area (Å²) in [5.41, 5.74) is 8.73. The fraction of sp³-hybridized carbons (Fsp3) is 0.0667. The van der Waals surface area contributed by atoms with E-state index in [0.717, 1.165) is 0 Å². The van der Waals surface area contributed by atoms with Crippen LogP contribution < -0.4 is 4.90 Å². The van der Waals surface area contributed by atoms with E-state index in [-0.39, 0.29) is 0 Å². The number of nitrogens with zero attached hydrogens (tertiary/aromatic N) is 1. The van der Waals surface area contributed by atoms with Crippen LogP contribution in [0, 0.1) is 0 Å². The van der Waals surface area contributed by atoms with Crippen molar-refractivity contribution >= 4 is 16.5 Å². The predicted molar refractivity (Wildman–Crippen MR) is 135 cm³/mol. The maximum atomic E-state index is 2.31. The van der Waals surface area contributed by atoms with Gasteiger partial charge in [-0.3, -0.25) is 0 Å². The second kappa shape index (κ2) is 8.12. The van der Waals surface area contributed by atoms with Crippen molar-refractivity contribution in [3.63, 3.8) is 0 Å². The summed E-state index contributed by atoms with van der Waals surface area (Å²) < 4.78 is 0. The van der Waals surface area contributed by atoms with Crippen LogP contribution in [0.5, 0.6) is 0 Å². The molecule has 0 N–H and O–H groups in total. The van der Waals surface area contributed by atoms with Crippen LogP contribution in [0.3, 0.4) is 0 Å². The lowest BCUT2D eigenvalue weighted by molar-refractivity contribution is 1.13. The minimum atomic E-state index is 1.23. The second-order valence-corrected chi connectivity index (χ2v) is 8.10. The highest BCUT2D eigenvalue weighted by Crippen LogP contribution is 2.35. The number of benzene rings is 5. The number of hydrogen-bond donors (Lipinski definition) is 0. The quantitative estimate of drug-likeness (QED) is 0.297. The second-order valence-electron chi connectivity index (χ2n) is 8.10. The molecule has 5 aromatic rings. The summed E-state index contributed by atoms with van der Waals surface area (Å²) in [7, 11) is 4.19. The normalized spacial score (nSPS) is 10.9. The van der Waals surface area contributed by atoms with Gasteiger partial charge in [0.05, 0.1) is 0 Å². The minimum Gasteiger partial charge on any atom is -0.377 e. The van der Waals surface area contributed by atoms with Crippen LogP contribution in [0.25, 0.3) is 44.2 Å². The third-order valence-electron chi connectivity index (χ3n) is 5.88. The predicted octanol–water partition coefficient (Wildman–Crippen LogP) is 7.91. The molecule has 0 aromatic heterocycles. The molecule has 0 fully saturated rings. The molecule has 0 radical (unpaired) electrons. The van der Waals surface area contributed by atoms with Crippen LogP contribution in [0.1, 0.15) is 0 Å². The van der Waals surface area contributed by atoms with E-state index in [1.165, 1.54) is 49.8 Å². The molecule has 0 spiro atoms. The molecule has 0 aliphatic carbocycles. The molecule has 31 heavy (non-hydrogen) atoms. The zero-order chi connectivity index (χ0) is 21.2. The Morgan fingerprint density at radius 2 is 1.06 bits per heavy atom. The zero-order valence-electron chi connectivity index (χ0n) is 17.9. The van der Waals surface area contributed by atoms with Gasteiger partial charge in [-0.1, -0.05) is 103 Å². The van der Waals surface area contributed by atoms with E-state index >= 15 is 0 Å². The maximum absolute atomic E-state index is 2.31. The number of para-hydroxylation sites is 1. The van der Waals surface area contributed by atoms with Gasteiger partial charge >= 0.3 is 0 Å². The first-order valence-corrected chi connectivity index (χ1v) is 10.7. The average Bonchev–Trinajstić information content (AvgIpc) is 2.84. The van der Waals surface area contributed by atoms with Crippen LogP contribution in [-0.4, -0.2) is 14.1 Å². The van der Waals surface area contributed by atoms with Crippen molar-refractivity contribution in [3.05, 3.63) is 115 Å². The Morgan fingerprint density at radius 1 is 0.452 bits per heavy atom. The number of anilines is 1. The largest absolute Gasteiger partial charge is 0.377 e. The first kappa shape index (κ1) is 19.1. The highest BCUT2D eigenvalue weighted by atomic mass is 15.1. The Hall–Kier alpha value is -3.84. The van der Waals surface area contributed by atoms with Crippen LogP contribution in [0.15, 0.2) is 115 Å². The van der Waals surface area contributed by atoms with Crippen LogP contribution in [0.2, 0.25) is 0 Å². The molecule has 0 aliphatic heterocycles. The van der Waals surface area contributed by atoms with Crippen molar-refractivity contribution in [1.82, 2.24) is 0 Å². The van der Waals surface area contributed by atoms with Crippen LogP contribution in [-0.2, 0) is 0 Å². The summed E-state index contributed by atoms with van der Waals surface area (Å²) in [5, 5.41) is 2.54. The van der Waals surface area contributed by atoms with Crippen molar-refractivity contribution in [1.29, 1.82) is 0 Å². The Morgan fingerprint density at radius 3 is 1.84 bits per heavy atom. The van der Waals surface area contributed by atoms with Crippen molar-refractivity contribution < 1.29 is 0 Å². The zero-order valence-corrected chi connectivity index (χ0v) is 17.9. The first-order chi connectivity index (χ1) is 15.2. The van der Waals surface area contributed by atoms with Gasteiger partial charge in [-0.25, -0.2) is 0 Å². The van der Waals surface area contributed by atoms with Crippen LogP contribution in [0.4, 0.5) is 5.69 Å². The molecule has 0 saturated carbocycles. The van der Waals surface area contributed by atoms with Gasteiger partial charge in [-0.2, -0.15) is 0 Å². The number of hydrogen-bond acceptors (Lipinski definition) is 1. The smallest absolute Gasteiger partial charge is 0.0440 e. The number of rotatable bonds is 4. The Balaban J connectivity index is 1.56. The average molecular weight is 400 g/mol. The van der Waals surface area contributed by atoms with E-state index in [9.17, 15) is 0 Å². The molecule has 0 amide bonds. The molecule has 0 bridgehead atoms. The van der Waals surface area contributed by atoms with E-state index in [1.807, 2.05) is 0 Å². The molecule has 1 heteroatoms. The highest BCUT2D eigenvalue weighted by Gasteiger charge is 2.09. The van der Waals surface area contributed by atoms with Crippen LogP contribution >= 0.6 is 0 Å². The Labute approximate surface area is 184 Å². The van der Waals surface area contributed by atoms with E-state index < -0.39 is 0 Å². The topological polar surface area (TPSA) is 3.24 Å². The summed E-state index contributed by atoms with van der Waals surface area (Å²) in [5.74, 6) is 0.